The van der Waals surface area contributed by atoms with Crippen molar-refractivity contribution in [3.05, 3.63) is 34.9 Å². The fourth-order valence-corrected chi connectivity index (χ4v) is 5.53. The summed E-state index contributed by atoms with van der Waals surface area (Å²) in [7, 11) is 0. The molecule has 164 valence electrons. The van der Waals surface area contributed by atoms with Crippen LogP contribution in [-0.4, -0.2) is 56.4 Å². The molecule has 6 atom stereocenters. The van der Waals surface area contributed by atoms with Crippen LogP contribution in [0.3, 0.4) is 0 Å². The standard InChI is InChI=1S/C19H24ClN3O6S/c1-8-11(12(23-29-8)9-6-4-5-7-10(9)20)15(24)21-13(17(25)26)16-22-14(18(27)28)19(2,3)30-16/h4-8,11-14,16,22-23H,1-3H3,(H,21,24)(H,25,26)(H,27,28)/t8-,11+,12?,13+,14+,16-/m1/s1. The van der Waals surface area contributed by atoms with Crippen LogP contribution in [0.2, 0.25) is 5.02 Å². The van der Waals surface area contributed by atoms with Crippen LogP contribution in [0.15, 0.2) is 24.3 Å². The molecule has 1 amide bonds. The molecule has 1 aromatic rings. The van der Waals surface area contributed by atoms with Gasteiger partial charge in [-0.1, -0.05) is 29.8 Å². The average molecular weight is 458 g/mol. The summed E-state index contributed by atoms with van der Waals surface area (Å²) in [4.78, 5) is 42.0. The Morgan fingerprint density at radius 2 is 1.93 bits per heavy atom. The Kier molecular flexibility index (Phi) is 6.63. The van der Waals surface area contributed by atoms with Gasteiger partial charge in [0.25, 0.3) is 0 Å². The lowest BCUT2D eigenvalue weighted by molar-refractivity contribution is -0.144. The van der Waals surface area contributed by atoms with E-state index in [1.165, 1.54) is 11.8 Å². The Morgan fingerprint density at radius 1 is 1.27 bits per heavy atom. The predicted octanol–water partition coefficient (Wildman–Crippen LogP) is 1.38. The number of aliphatic carboxylic acids is 2. The molecule has 2 saturated heterocycles. The van der Waals surface area contributed by atoms with Gasteiger partial charge < -0.3 is 15.5 Å². The molecule has 11 heteroatoms. The highest BCUT2D eigenvalue weighted by atomic mass is 35.5. The minimum atomic E-state index is -1.33. The van der Waals surface area contributed by atoms with Crippen LogP contribution in [0.5, 0.6) is 0 Å². The highest BCUT2D eigenvalue weighted by Crippen LogP contribution is 2.40. The second-order valence-corrected chi connectivity index (χ2v) is 10.1. The Bertz CT molecular complexity index is 853. The van der Waals surface area contributed by atoms with E-state index in [1.807, 2.05) is 0 Å². The van der Waals surface area contributed by atoms with Crippen molar-refractivity contribution in [3.63, 3.8) is 0 Å². The molecule has 0 radical (unpaired) electrons. The monoisotopic (exact) mass is 457 g/mol. The smallest absolute Gasteiger partial charge is 0.328 e. The van der Waals surface area contributed by atoms with E-state index < -0.39 is 58.1 Å². The molecule has 2 aliphatic heterocycles. The lowest BCUT2D eigenvalue weighted by Gasteiger charge is -2.26. The number of hydrogen-bond acceptors (Lipinski definition) is 7. The summed E-state index contributed by atoms with van der Waals surface area (Å²) < 4.78 is -0.750. The number of carbonyl (C=O) groups is 3. The molecule has 1 aromatic carbocycles. The van der Waals surface area contributed by atoms with Crippen molar-refractivity contribution >= 4 is 41.2 Å². The Hall–Kier alpha value is -1.85. The van der Waals surface area contributed by atoms with E-state index in [9.17, 15) is 24.6 Å². The number of halogens is 1. The van der Waals surface area contributed by atoms with Crippen LogP contribution in [0.1, 0.15) is 32.4 Å². The summed E-state index contributed by atoms with van der Waals surface area (Å²) in [6.07, 6.45) is -0.534. The fraction of sp³-hybridized carbons (Fsp3) is 0.526. The predicted molar refractivity (Wildman–Crippen MR) is 111 cm³/mol. The molecule has 2 heterocycles. The minimum Gasteiger partial charge on any atom is -0.480 e. The molecule has 0 aromatic heterocycles. The third kappa shape index (κ3) is 4.42. The molecule has 5 N–H and O–H groups in total. The Morgan fingerprint density at radius 3 is 2.50 bits per heavy atom. The molecule has 0 bridgehead atoms. The summed E-state index contributed by atoms with van der Waals surface area (Å²) in [6, 6.07) is 4.19. The van der Waals surface area contributed by atoms with Gasteiger partial charge >= 0.3 is 11.9 Å². The van der Waals surface area contributed by atoms with E-state index in [-0.39, 0.29) is 0 Å². The first-order valence-electron chi connectivity index (χ1n) is 9.38. The number of benzene rings is 1. The zero-order chi connectivity index (χ0) is 22.2. The lowest BCUT2D eigenvalue weighted by atomic mass is 9.89. The normalized spacial score (nSPS) is 31.3. The van der Waals surface area contributed by atoms with E-state index >= 15 is 0 Å². The number of rotatable bonds is 6. The highest BCUT2D eigenvalue weighted by Gasteiger charge is 2.50. The van der Waals surface area contributed by atoms with Gasteiger partial charge in [-0.05, 0) is 32.4 Å². The number of carboxylic acid groups (broad SMARTS) is 2. The van der Waals surface area contributed by atoms with Gasteiger partial charge in [0, 0.05) is 9.77 Å². The number of nitrogens with one attached hydrogen (secondary N) is 3. The quantitative estimate of drug-likeness (QED) is 0.429. The SMILES string of the molecule is C[C@H]1ONC(c2ccccc2Cl)[C@H]1C(=O)N[C@H](C(=O)O)[C@@H]1N[C@@H](C(=O)O)C(C)(C)S1. The van der Waals surface area contributed by atoms with Gasteiger partial charge in [0.1, 0.15) is 6.04 Å². The van der Waals surface area contributed by atoms with Crippen molar-refractivity contribution in [2.75, 3.05) is 0 Å². The summed E-state index contributed by atoms with van der Waals surface area (Å²) >= 11 is 7.44. The number of carbonyl (C=O) groups excluding carboxylic acids is 1. The van der Waals surface area contributed by atoms with Crippen molar-refractivity contribution in [1.29, 1.82) is 0 Å². The van der Waals surface area contributed by atoms with Crippen LogP contribution in [0.25, 0.3) is 0 Å². The molecule has 0 spiro atoms. The Labute approximate surface area is 182 Å². The first kappa shape index (κ1) is 22.8. The largest absolute Gasteiger partial charge is 0.480 e. The molecule has 0 saturated carbocycles. The summed E-state index contributed by atoms with van der Waals surface area (Å²) in [5, 5.41) is 24.2. The van der Waals surface area contributed by atoms with Crippen LogP contribution in [-0.2, 0) is 19.2 Å². The maximum Gasteiger partial charge on any atom is 0.328 e. The molecule has 0 aliphatic carbocycles. The zero-order valence-electron chi connectivity index (χ0n) is 16.6. The molecule has 9 nitrogen and oxygen atoms in total. The minimum absolute atomic E-state index is 0.458. The van der Waals surface area contributed by atoms with Crippen molar-refractivity contribution in [2.24, 2.45) is 5.92 Å². The molecule has 3 rings (SSSR count). The average Bonchev–Trinajstić information content (AvgIpc) is 3.19. The Balaban J connectivity index is 1.80. The van der Waals surface area contributed by atoms with Crippen LogP contribution >= 0.6 is 23.4 Å². The maximum absolute atomic E-state index is 13.1. The van der Waals surface area contributed by atoms with Crippen molar-refractivity contribution < 1.29 is 29.4 Å². The highest BCUT2D eigenvalue weighted by molar-refractivity contribution is 8.01. The van der Waals surface area contributed by atoms with E-state index in [4.69, 9.17) is 16.4 Å². The second kappa shape index (κ2) is 8.72. The molecule has 30 heavy (non-hydrogen) atoms. The maximum atomic E-state index is 13.1. The van der Waals surface area contributed by atoms with Gasteiger partial charge in [-0.25, -0.2) is 4.79 Å². The van der Waals surface area contributed by atoms with Crippen LogP contribution < -0.4 is 16.1 Å². The first-order valence-corrected chi connectivity index (χ1v) is 10.6. The number of thioether (sulfide) groups is 1. The number of hydroxylamine groups is 1. The number of amides is 1. The van der Waals surface area contributed by atoms with Gasteiger partial charge in [-0.15, -0.1) is 11.8 Å². The van der Waals surface area contributed by atoms with Crippen molar-refractivity contribution in [2.45, 2.75) is 55.1 Å². The van der Waals surface area contributed by atoms with E-state index in [0.717, 1.165) is 0 Å². The molecule has 2 aliphatic rings. The summed E-state index contributed by atoms with van der Waals surface area (Å²) in [5.41, 5.74) is 3.47. The van der Waals surface area contributed by atoms with Crippen LogP contribution in [0, 0.1) is 5.92 Å². The number of hydrogen-bond donors (Lipinski definition) is 5. The van der Waals surface area contributed by atoms with Crippen molar-refractivity contribution in [1.82, 2.24) is 16.1 Å². The third-order valence-corrected chi connectivity index (χ3v) is 7.21. The van der Waals surface area contributed by atoms with E-state index in [2.05, 4.69) is 16.1 Å². The van der Waals surface area contributed by atoms with Gasteiger partial charge in [0.05, 0.1) is 23.4 Å². The van der Waals surface area contributed by atoms with Gasteiger partial charge in [0.2, 0.25) is 5.91 Å². The van der Waals surface area contributed by atoms with E-state index in [0.29, 0.717) is 10.6 Å². The molecule has 1 unspecified atom stereocenters. The van der Waals surface area contributed by atoms with Gasteiger partial charge in [0.15, 0.2) is 6.04 Å². The molecule has 2 fully saturated rings. The number of carboxylic acids is 2. The van der Waals surface area contributed by atoms with Crippen LogP contribution in [0.4, 0.5) is 0 Å². The topological polar surface area (TPSA) is 137 Å². The molecular weight excluding hydrogens is 434 g/mol. The van der Waals surface area contributed by atoms with Gasteiger partial charge in [-0.3, -0.25) is 19.7 Å². The second-order valence-electron chi connectivity index (χ2n) is 7.87. The lowest BCUT2D eigenvalue weighted by Crippen LogP contribution is -2.55. The van der Waals surface area contributed by atoms with Gasteiger partial charge in [-0.2, -0.15) is 5.48 Å². The van der Waals surface area contributed by atoms with E-state index in [1.54, 1.807) is 45.0 Å². The fourth-order valence-electron chi connectivity index (χ4n) is 3.79. The third-order valence-electron chi connectivity index (χ3n) is 5.36. The van der Waals surface area contributed by atoms with Crippen molar-refractivity contribution in [3.8, 4) is 0 Å². The summed E-state index contributed by atoms with van der Waals surface area (Å²) in [5.74, 6) is -3.60. The summed E-state index contributed by atoms with van der Waals surface area (Å²) in [6.45, 7) is 5.14. The first-order chi connectivity index (χ1) is 14.0. The molecular formula is C19H24ClN3O6S. The zero-order valence-corrected chi connectivity index (χ0v) is 18.2.